The minimum atomic E-state index is -0.585. The van der Waals surface area contributed by atoms with E-state index in [-0.39, 0.29) is 11.8 Å². The second kappa shape index (κ2) is 9.59. The molecule has 3 aromatic rings. The number of anilines is 2. The summed E-state index contributed by atoms with van der Waals surface area (Å²) < 4.78 is 1.45. The van der Waals surface area contributed by atoms with E-state index in [0.717, 1.165) is 5.56 Å². The molecule has 1 unspecified atom stereocenters. The van der Waals surface area contributed by atoms with E-state index in [4.69, 9.17) is 0 Å². The van der Waals surface area contributed by atoms with Crippen LogP contribution in [0.4, 0.5) is 11.4 Å². The highest BCUT2D eigenvalue weighted by molar-refractivity contribution is 5.95. The average Bonchev–Trinajstić information content (AvgIpc) is 3.22. The van der Waals surface area contributed by atoms with Crippen LogP contribution >= 0.6 is 0 Å². The number of carbonyl (C=O) groups is 2. The Morgan fingerprint density at radius 1 is 0.966 bits per heavy atom. The molecule has 0 fully saturated rings. The van der Waals surface area contributed by atoms with Gasteiger partial charge in [-0.25, -0.2) is 4.68 Å². The minimum absolute atomic E-state index is 0.0293. The minimum Gasteiger partial charge on any atom is -0.326 e. The molecule has 0 aliphatic carbocycles. The van der Waals surface area contributed by atoms with Gasteiger partial charge < -0.3 is 10.6 Å². The summed E-state index contributed by atoms with van der Waals surface area (Å²) in [6.45, 7) is 3.99. The van der Waals surface area contributed by atoms with Crippen LogP contribution in [0, 0.1) is 5.92 Å². The highest BCUT2D eigenvalue weighted by atomic mass is 16.2. The van der Waals surface area contributed by atoms with Gasteiger partial charge in [-0.2, -0.15) is 0 Å². The van der Waals surface area contributed by atoms with Crippen molar-refractivity contribution in [1.29, 1.82) is 0 Å². The molecule has 0 bridgehead atoms. The van der Waals surface area contributed by atoms with Crippen LogP contribution in [0.25, 0.3) is 0 Å². The Morgan fingerprint density at radius 2 is 1.62 bits per heavy atom. The summed E-state index contributed by atoms with van der Waals surface area (Å²) in [6.07, 6.45) is 2.35. The Labute approximate surface area is 169 Å². The lowest BCUT2D eigenvalue weighted by atomic mass is 10.1. The van der Waals surface area contributed by atoms with E-state index in [0.29, 0.717) is 30.1 Å². The monoisotopic (exact) mass is 392 g/mol. The van der Waals surface area contributed by atoms with Crippen molar-refractivity contribution < 1.29 is 9.59 Å². The van der Waals surface area contributed by atoms with Crippen LogP contribution in [0.15, 0.2) is 60.9 Å². The first-order chi connectivity index (χ1) is 14.0. The Kier molecular flexibility index (Phi) is 6.67. The molecule has 0 saturated heterocycles. The Balaban J connectivity index is 1.67. The maximum atomic E-state index is 12.9. The summed E-state index contributed by atoms with van der Waals surface area (Å²) in [5.41, 5.74) is 2.32. The van der Waals surface area contributed by atoms with Gasteiger partial charge in [-0.05, 0) is 46.2 Å². The van der Waals surface area contributed by atoms with Gasteiger partial charge in [0, 0.05) is 24.2 Å². The number of hydrogen-bond donors (Lipinski definition) is 2. The van der Waals surface area contributed by atoms with Crippen LogP contribution in [0.2, 0.25) is 0 Å². The third kappa shape index (κ3) is 5.97. The fraction of sp³-hybridized carbons (Fsp3) is 0.286. The van der Waals surface area contributed by atoms with Gasteiger partial charge in [0.05, 0.1) is 0 Å². The molecule has 0 radical (unpaired) electrons. The van der Waals surface area contributed by atoms with Crippen molar-refractivity contribution in [3.63, 3.8) is 0 Å². The summed E-state index contributed by atoms with van der Waals surface area (Å²) in [6, 6.07) is 16.1. The molecule has 1 aromatic heterocycles. The average molecular weight is 392 g/mol. The molecule has 3 rings (SSSR count). The molecule has 0 spiro atoms. The molecule has 2 aromatic carbocycles. The molecule has 150 valence electrons. The van der Waals surface area contributed by atoms with Gasteiger partial charge in [-0.1, -0.05) is 44.2 Å². The van der Waals surface area contributed by atoms with Crippen molar-refractivity contribution in [2.45, 2.75) is 32.7 Å². The first kappa shape index (κ1) is 20.2. The lowest BCUT2D eigenvalue weighted by Gasteiger charge is -2.16. The van der Waals surface area contributed by atoms with Gasteiger partial charge in [0.1, 0.15) is 12.4 Å². The van der Waals surface area contributed by atoms with Crippen molar-refractivity contribution in [1.82, 2.24) is 20.2 Å². The van der Waals surface area contributed by atoms with Gasteiger partial charge in [0.25, 0.3) is 0 Å². The van der Waals surface area contributed by atoms with Gasteiger partial charge >= 0.3 is 0 Å². The molecule has 1 atom stereocenters. The van der Waals surface area contributed by atoms with Crippen LogP contribution in [0.5, 0.6) is 0 Å². The molecule has 29 heavy (non-hydrogen) atoms. The van der Waals surface area contributed by atoms with E-state index in [1.165, 1.54) is 11.0 Å². The van der Waals surface area contributed by atoms with Crippen molar-refractivity contribution in [2.24, 2.45) is 5.92 Å². The number of aromatic nitrogens is 4. The molecular formula is C21H24N6O2. The number of hydrogen-bond acceptors (Lipinski definition) is 5. The van der Waals surface area contributed by atoms with Gasteiger partial charge in [-0.15, -0.1) is 5.10 Å². The van der Waals surface area contributed by atoms with Gasteiger partial charge in [0.15, 0.2) is 0 Å². The largest absolute Gasteiger partial charge is 0.326 e. The first-order valence-corrected chi connectivity index (χ1v) is 9.48. The zero-order chi connectivity index (χ0) is 20.6. The fourth-order valence-electron chi connectivity index (χ4n) is 2.90. The maximum Gasteiger partial charge on any atom is 0.249 e. The molecule has 0 saturated carbocycles. The normalized spacial score (nSPS) is 11.8. The predicted molar refractivity (Wildman–Crippen MR) is 110 cm³/mol. The van der Waals surface area contributed by atoms with E-state index in [2.05, 4.69) is 26.2 Å². The van der Waals surface area contributed by atoms with Crippen molar-refractivity contribution >= 4 is 23.2 Å². The van der Waals surface area contributed by atoms with Crippen molar-refractivity contribution in [3.05, 3.63) is 66.5 Å². The van der Waals surface area contributed by atoms with E-state index in [9.17, 15) is 9.59 Å². The standard InChI is InChI=1S/C21H24N6O2/c1-15(2)12-20(28)23-17-8-10-18(11-9-17)24-21(29)19(27-14-22-25-26-27)13-16-6-4-3-5-7-16/h3-11,14-15,19H,12-13H2,1-2H3,(H,23,28)(H,24,29). The quantitative estimate of drug-likeness (QED) is 0.613. The number of nitrogens with one attached hydrogen (secondary N) is 2. The molecule has 8 nitrogen and oxygen atoms in total. The number of tetrazole rings is 1. The third-order valence-corrected chi connectivity index (χ3v) is 4.29. The van der Waals surface area contributed by atoms with Crippen LogP contribution in [0.1, 0.15) is 31.9 Å². The first-order valence-electron chi connectivity index (χ1n) is 9.48. The Hall–Kier alpha value is -3.55. The second-order valence-corrected chi connectivity index (χ2v) is 7.21. The number of carbonyl (C=O) groups excluding carboxylic acids is 2. The van der Waals surface area contributed by atoms with E-state index < -0.39 is 6.04 Å². The van der Waals surface area contributed by atoms with E-state index in [1.54, 1.807) is 24.3 Å². The number of rotatable bonds is 8. The van der Waals surface area contributed by atoms with Crippen LogP contribution < -0.4 is 10.6 Å². The maximum absolute atomic E-state index is 12.9. The van der Waals surface area contributed by atoms with E-state index >= 15 is 0 Å². The van der Waals surface area contributed by atoms with Crippen LogP contribution in [-0.4, -0.2) is 32.0 Å². The Morgan fingerprint density at radius 3 is 2.21 bits per heavy atom. The zero-order valence-corrected chi connectivity index (χ0v) is 16.4. The molecule has 2 amide bonds. The summed E-state index contributed by atoms with van der Waals surface area (Å²) in [4.78, 5) is 24.8. The highest BCUT2D eigenvalue weighted by Gasteiger charge is 2.22. The highest BCUT2D eigenvalue weighted by Crippen LogP contribution is 2.18. The van der Waals surface area contributed by atoms with Crippen molar-refractivity contribution in [3.8, 4) is 0 Å². The number of amides is 2. The van der Waals surface area contributed by atoms with Crippen LogP contribution in [0.3, 0.4) is 0 Å². The van der Waals surface area contributed by atoms with Crippen LogP contribution in [-0.2, 0) is 16.0 Å². The summed E-state index contributed by atoms with van der Waals surface area (Å²) >= 11 is 0. The zero-order valence-electron chi connectivity index (χ0n) is 16.4. The lowest BCUT2D eigenvalue weighted by Crippen LogP contribution is -2.28. The summed E-state index contributed by atoms with van der Waals surface area (Å²) in [5, 5.41) is 16.9. The van der Waals surface area contributed by atoms with Gasteiger partial charge in [0.2, 0.25) is 11.8 Å². The topological polar surface area (TPSA) is 102 Å². The summed E-state index contributed by atoms with van der Waals surface area (Å²) in [5.74, 6) is 0.0394. The second-order valence-electron chi connectivity index (χ2n) is 7.21. The van der Waals surface area contributed by atoms with Gasteiger partial charge in [-0.3, -0.25) is 9.59 Å². The molecular weight excluding hydrogens is 368 g/mol. The fourth-order valence-corrected chi connectivity index (χ4v) is 2.90. The predicted octanol–water partition coefficient (Wildman–Crippen LogP) is 3.08. The molecule has 2 N–H and O–H groups in total. The molecule has 0 aliphatic heterocycles. The molecule has 0 aliphatic rings. The third-order valence-electron chi connectivity index (χ3n) is 4.29. The molecule has 8 heteroatoms. The van der Waals surface area contributed by atoms with E-state index in [1.807, 2.05) is 44.2 Å². The number of nitrogens with zero attached hydrogens (tertiary/aromatic N) is 4. The molecule has 1 heterocycles. The number of benzene rings is 2. The lowest BCUT2D eigenvalue weighted by molar-refractivity contribution is -0.119. The Bertz CT molecular complexity index is 924. The van der Waals surface area contributed by atoms with Crippen molar-refractivity contribution in [2.75, 3.05) is 10.6 Å². The summed E-state index contributed by atoms with van der Waals surface area (Å²) in [7, 11) is 0. The SMILES string of the molecule is CC(C)CC(=O)Nc1ccc(NC(=O)C(Cc2ccccc2)n2cnnn2)cc1. The smallest absolute Gasteiger partial charge is 0.249 e.